The molecule has 6 heteroatoms. The van der Waals surface area contributed by atoms with Gasteiger partial charge in [0.15, 0.2) is 0 Å². The van der Waals surface area contributed by atoms with Crippen LogP contribution in [0.4, 0.5) is 5.69 Å². The highest BCUT2D eigenvalue weighted by atomic mass is 79.9. The average molecular weight is 319 g/mol. The summed E-state index contributed by atoms with van der Waals surface area (Å²) in [7, 11) is 0. The van der Waals surface area contributed by atoms with Crippen molar-refractivity contribution in [3.63, 3.8) is 0 Å². The third-order valence-corrected chi connectivity index (χ3v) is 3.00. The van der Waals surface area contributed by atoms with Crippen LogP contribution >= 0.6 is 15.9 Å². The number of nitro benzene ring substituents is 1. The van der Waals surface area contributed by atoms with Crippen LogP contribution in [-0.4, -0.2) is 4.92 Å². The van der Waals surface area contributed by atoms with Crippen molar-refractivity contribution in [3.05, 3.63) is 62.6 Å². The number of hydrogen-bond donors (Lipinski definition) is 0. The lowest BCUT2D eigenvalue weighted by Gasteiger charge is -2.07. The van der Waals surface area contributed by atoms with Crippen LogP contribution in [0.2, 0.25) is 0 Å². The number of ether oxygens (including phenoxy) is 1. The lowest BCUT2D eigenvalue weighted by molar-refractivity contribution is -0.385. The second-order valence-corrected chi connectivity index (χ2v) is 4.43. The van der Waals surface area contributed by atoms with E-state index in [4.69, 9.17) is 10.00 Å². The SMILES string of the molecule is N#Cc1cc(Oc2ccccc2Br)ccc1[N+](=O)[O-]. The monoisotopic (exact) mass is 318 g/mol. The van der Waals surface area contributed by atoms with Crippen LogP contribution in [0.25, 0.3) is 0 Å². The number of hydrogen-bond acceptors (Lipinski definition) is 4. The molecule has 0 radical (unpaired) electrons. The summed E-state index contributed by atoms with van der Waals surface area (Å²) >= 11 is 3.33. The van der Waals surface area contributed by atoms with Crippen molar-refractivity contribution in [2.45, 2.75) is 0 Å². The molecule has 2 aromatic carbocycles. The van der Waals surface area contributed by atoms with Crippen LogP contribution in [0, 0.1) is 21.4 Å². The predicted octanol–water partition coefficient (Wildman–Crippen LogP) is 4.02. The fraction of sp³-hybridized carbons (Fsp3) is 0. The van der Waals surface area contributed by atoms with Crippen LogP contribution in [-0.2, 0) is 0 Å². The topological polar surface area (TPSA) is 76.2 Å². The van der Waals surface area contributed by atoms with E-state index in [1.54, 1.807) is 18.2 Å². The molecule has 0 heterocycles. The number of nitriles is 1. The number of para-hydroxylation sites is 1. The summed E-state index contributed by atoms with van der Waals surface area (Å²) < 4.78 is 6.32. The van der Waals surface area contributed by atoms with Gasteiger partial charge in [-0.25, -0.2) is 0 Å². The Morgan fingerprint density at radius 1 is 1.26 bits per heavy atom. The zero-order valence-corrected chi connectivity index (χ0v) is 11.1. The molecule has 0 aliphatic rings. The van der Waals surface area contributed by atoms with E-state index in [0.717, 1.165) is 4.47 Å². The minimum atomic E-state index is -0.596. The Hall–Kier alpha value is -2.39. The third kappa shape index (κ3) is 2.89. The summed E-state index contributed by atoms with van der Waals surface area (Å²) in [6.07, 6.45) is 0. The van der Waals surface area contributed by atoms with Gasteiger partial charge in [0.1, 0.15) is 23.1 Å². The van der Waals surface area contributed by atoms with Gasteiger partial charge in [0.2, 0.25) is 0 Å². The molecule has 0 amide bonds. The smallest absolute Gasteiger partial charge is 0.287 e. The molecule has 0 spiro atoms. The Morgan fingerprint density at radius 3 is 2.63 bits per heavy atom. The number of nitrogens with zero attached hydrogens (tertiary/aromatic N) is 2. The van der Waals surface area contributed by atoms with E-state index in [2.05, 4.69) is 15.9 Å². The zero-order valence-electron chi connectivity index (χ0n) is 9.54. The van der Waals surface area contributed by atoms with Crippen molar-refractivity contribution in [2.24, 2.45) is 0 Å². The van der Waals surface area contributed by atoms with Crippen LogP contribution in [0.1, 0.15) is 5.56 Å². The van der Waals surface area contributed by atoms with Crippen LogP contribution in [0.5, 0.6) is 11.5 Å². The van der Waals surface area contributed by atoms with E-state index >= 15 is 0 Å². The van der Waals surface area contributed by atoms with Gasteiger partial charge in [-0.15, -0.1) is 0 Å². The highest BCUT2D eigenvalue weighted by Gasteiger charge is 2.14. The molecule has 2 aromatic rings. The predicted molar refractivity (Wildman–Crippen MR) is 72.0 cm³/mol. The lowest BCUT2D eigenvalue weighted by atomic mass is 10.2. The largest absolute Gasteiger partial charge is 0.456 e. The fourth-order valence-corrected chi connectivity index (χ4v) is 1.85. The molecule has 2 rings (SSSR count). The molecule has 0 atom stereocenters. The molecule has 0 aliphatic carbocycles. The third-order valence-electron chi connectivity index (χ3n) is 2.35. The zero-order chi connectivity index (χ0) is 13.8. The first-order valence-corrected chi connectivity index (χ1v) is 6.02. The van der Waals surface area contributed by atoms with E-state index in [-0.39, 0.29) is 11.3 Å². The normalized spacial score (nSPS) is 9.68. The average Bonchev–Trinajstić information content (AvgIpc) is 2.41. The van der Waals surface area contributed by atoms with E-state index in [9.17, 15) is 10.1 Å². The molecule has 19 heavy (non-hydrogen) atoms. The molecule has 0 saturated heterocycles. The Labute approximate surface area is 117 Å². The standard InChI is InChI=1S/C13H7BrN2O3/c14-11-3-1-2-4-13(11)19-10-5-6-12(16(17)18)9(7-10)8-15/h1-7H. The Balaban J connectivity index is 2.36. The Bertz CT molecular complexity index is 680. The van der Waals surface area contributed by atoms with Gasteiger partial charge < -0.3 is 4.74 Å². The maximum atomic E-state index is 10.7. The maximum absolute atomic E-state index is 10.7. The van der Waals surface area contributed by atoms with Crippen LogP contribution in [0.15, 0.2) is 46.9 Å². The summed E-state index contributed by atoms with van der Waals surface area (Å²) in [6.45, 7) is 0. The molecular formula is C13H7BrN2O3. The van der Waals surface area contributed by atoms with Crippen LogP contribution < -0.4 is 4.74 Å². The molecule has 0 unspecified atom stereocenters. The molecule has 0 bridgehead atoms. The minimum Gasteiger partial charge on any atom is -0.456 e. The summed E-state index contributed by atoms with van der Waals surface area (Å²) in [5, 5.41) is 19.6. The van der Waals surface area contributed by atoms with Gasteiger partial charge in [-0.3, -0.25) is 10.1 Å². The van der Waals surface area contributed by atoms with E-state index in [1.807, 2.05) is 12.1 Å². The first-order chi connectivity index (χ1) is 9.11. The van der Waals surface area contributed by atoms with Crippen molar-refractivity contribution in [1.82, 2.24) is 0 Å². The molecule has 0 fully saturated rings. The first-order valence-electron chi connectivity index (χ1n) is 5.22. The van der Waals surface area contributed by atoms with Gasteiger partial charge in [-0.2, -0.15) is 5.26 Å². The van der Waals surface area contributed by atoms with Crippen molar-refractivity contribution in [2.75, 3.05) is 0 Å². The Kier molecular flexibility index (Phi) is 3.78. The lowest BCUT2D eigenvalue weighted by Crippen LogP contribution is -1.93. The van der Waals surface area contributed by atoms with Crippen LogP contribution in [0.3, 0.4) is 0 Å². The van der Waals surface area contributed by atoms with E-state index < -0.39 is 4.92 Å². The quantitative estimate of drug-likeness (QED) is 0.632. The number of benzene rings is 2. The van der Waals surface area contributed by atoms with Gasteiger partial charge >= 0.3 is 0 Å². The van der Waals surface area contributed by atoms with Crippen molar-refractivity contribution in [1.29, 1.82) is 5.26 Å². The molecule has 0 N–H and O–H groups in total. The van der Waals surface area contributed by atoms with E-state index in [0.29, 0.717) is 11.5 Å². The summed E-state index contributed by atoms with van der Waals surface area (Å²) in [4.78, 5) is 10.1. The molecule has 0 saturated carbocycles. The van der Waals surface area contributed by atoms with Gasteiger partial charge in [0, 0.05) is 12.1 Å². The number of rotatable bonds is 3. The number of halogens is 1. The van der Waals surface area contributed by atoms with Crippen molar-refractivity contribution >= 4 is 21.6 Å². The summed E-state index contributed by atoms with van der Waals surface area (Å²) in [5.74, 6) is 0.939. The highest BCUT2D eigenvalue weighted by molar-refractivity contribution is 9.10. The Morgan fingerprint density at radius 2 is 2.00 bits per heavy atom. The van der Waals surface area contributed by atoms with Gasteiger partial charge in [0.05, 0.1) is 9.40 Å². The molecule has 94 valence electrons. The van der Waals surface area contributed by atoms with Gasteiger partial charge in [-0.1, -0.05) is 12.1 Å². The highest BCUT2D eigenvalue weighted by Crippen LogP contribution is 2.31. The van der Waals surface area contributed by atoms with Gasteiger partial charge in [-0.05, 0) is 34.1 Å². The van der Waals surface area contributed by atoms with Crippen molar-refractivity contribution in [3.8, 4) is 17.6 Å². The summed E-state index contributed by atoms with van der Waals surface area (Å²) in [5.41, 5.74) is -0.267. The molecule has 0 aromatic heterocycles. The van der Waals surface area contributed by atoms with E-state index in [1.165, 1.54) is 18.2 Å². The summed E-state index contributed by atoms with van der Waals surface area (Å²) in [6, 6.07) is 13.0. The van der Waals surface area contributed by atoms with Gasteiger partial charge in [0.25, 0.3) is 5.69 Å². The molecular weight excluding hydrogens is 312 g/mol. The minimum absolute atomic E-state index is 0.0328. The van der Waals surface area contributed by atoms with Crippen molar-refractivity contribution < 1.29 is 9.66 Å². The number of nitro groups is 1. The fourth-order valence-electron chi connectivity index (χ4n) is 1.48. The second kappa shape index (κ2) is 5.50. The maximum Gasteiger partial charge on any atom is 0.287 e. The first kappa shape index (κ1) is 13.1. The molecule has 0 aliphatic heterocycles. The second-order valence-electron chi connectivity index (χ2n) is 3.58. The molecule has 5 nitrogen and oxygen atoms in total.